The van der Waals surface area contributed by atoms with Gasteiger partial charge in [0.15, 0.2) is 0 Å². The maximum absolute atomic E-state index is 12.6. The largest absolute Gasteiger partial charge is 0.354 e. The van der Waals surface area contributed by atoms with Gasteiger partial charge in [0.2, 0.25) is 5.91 Å². The molecule has 0 aliphatic heterocycles. The van der Waals surface area contributed by atoms with Crippen LogP contribution in [0.25, 0.3) is 15.7 Å². The zero-order valence-corrected chi connectivity index (χ0v) is 15.1. The second-order valence-corrected chi connectivity index (χ2v) is 7.20. The lowest BCUT2D eigenvalue weighted by Crippen LogP contribution is -2.35. The number of carbonyl (C=O) groups is 1. The lowest BCUT2D eigenvalue weighted by atomic mass is 10.1. The molecule has 6 nitrogen and oxygen atoms in total. The van der Waals surface area contributed by atoms with E-state index in [4.69, 9.17) is 0 Å². The summed E-state index contributed by atoms with van der Waals surface area (Å²) in [6, 6.07) is 12.0. The fourth-order valence-corrected chi connectivity index (χ4v) is 3.75. The number of thiophene rings is 1. The van der Waals surface area contributed by atoms with E-state index in [2.05, 4.69) is 34.7 Å². The number of nitrogens with one attached hydrogen (secondary N) is 1. The van der Waals surface area contributed by atoms with Crippen molar-refractivity contribution in [2.24, 2.45) is 0 Å². The number of benzene rings is 1. The van der Waals surface area contributed by atoms with Gasteiger partial charge in [-0.2, -0.15) is 5.10 Å². The van der Waals surface area contributed by atoms with E-state index in [1.165, 1.54) is 15.8 Å². The van der Waals surface area contributed by atoms with E-state index in [-0.39, 0.29) is 18.0 Å². The molecule has 0 unspecified atom stereocenters. The number of rotatable bonds is 5. The van der Waals surface area contributed by atoms with Crippen LogP contribution in [-0.4, -0.2) is 26.6 Å². The first-order chi connectivity index (χ1) is 12.6. The maximum Gasteiger partial charge on any atom is 0.291 e. The molecule has 0 fully saturated rings. The van der Waals surface area contributed by atoms with Gasteiger partial charge in [-0.15, -0.1) is 11.3 Å². The molecule has 3 heterocycles. The predicted molar refractivity (Wildman–Crippen MR) is 103 cm³/mol. The molecule has 1 N–H and O–H groups in total. The zero-order valence-electron chi connectivity index (χ0n) is 14.3. The highest BCUT2D eigenvalue weighted by molar-refractivity contribution is 7.17. The van der Waals surface area contributed by atoms with Crippen molar-refractivity contribution in [3.63, 3.8) is 0 Å². The van der Waals surface area contributed by atoms with Gasteiger partial charge in [-0.25, -0.2) is 4.68 Å². The molecule has 4 aromatic rings. The van der Waals surface area contributed by atoms with Crippen molar-refractivity contribution < 1.29 is 4.79 Å². The van der Waals surface area contributed by atoms with Crippen molar-refractivity contribution in [3.8, 4) is 0 Å². The molecule has 1 aromatic carbocycles. The third-order valence-corrected chi connectivity index (χ3v) is 5.22. The molecule has 3 aromatic heterocycles. The predicted octanol–water partition coefficient (Wildman–Crippen LogP) is 2.38. The van der Waals surface area contributed by atoms with Gasteiger partial charge < -0.3 is 5.32 Å². The van der Waals surface area contributed by atoms with E-state index in [0.29, 0.717) is 12.1 Å². The lowest BCUT2D eigenvalue weighted by Gasteiger charge is -2.07. The first kappa shape index (κ1) is 16.5. The van der Waals surface area contributed by atoms with Gasteiger partial charge in [-0.3, -0.25) is 14.0 Å². The number of aromatic nitrogens is 3. The van der Waals surface area contributed by atoms with Crippen LogP contribution in [0.1, 0.15) is 11.1 Å². The quantitative estimate of drug-likeness (QED) is 0.590. The van der Waals surface area contributed by atoms with Gasteiger partial charge in [0, 0.05) is 6.54 Å². The van der Waals surface area contributed by atoms with Gasteiger partial charge in [-0.05, 0) is 36.4 Å². The molecule has 0 bridgehead atoms. The fraction of sp³-hybridized carbons (Fsp3) is 0.211. The minimum absolute atomic E-state index is 0.0813. The normalized spacial score (nSPS) is 11.3. The summed E-state index contributed by atoms with van der Waals surface area (Å²) in [5, 5.41) is 8.96. The summed E-state index contributed by atoms with van der Waals surface area (Å²) >= 11 is 1.58. The zero-order chi connectivity index (χ0) is 18.1. The minimum atomic E-state index is -0.260. The smallest absolute Gasteiger partial charge is 0.291 e. The molecule has 132 valence electrons. The number of carbonyl (C=O) groups excluding carboxylic acids is 1. The van der Waals surface area contributed by atoms with Gasteiger partial charge in [0.1, 0.15) is 18.4 Å². The maximum atomic E-state index is 12.6. The van der Waals surface area contributed by atoms with Crippen molar-refractivity contribution in [3.05, 3.63) is 69.6 Å². The third kappa shape index (κ3) is 3.13. The average Bonchev–Trinajstić information content (AvgIpc) is 3.21. The molecule has 0 atom stereocenters. The Labute approximate surface area is 153 Å². The number of amides is 1. The summed E-state index contributed by atoms with van der Waals surface area (Å²) < 4.78 is 4.00. The van der Waals surface area contributed by atoms with Crippen LogP contribution in [0, 0.1) is 6.92 Å². The summed E-state index contributed by atoms with van der Waals surface area (Å²) in [5.74, 6) is -0.218. The molecule has 1 amide bonds. The number of fused-ring (bicyclic) bond motifs is 3. The Kier molecular flexibility index (Phi) is 4.30. The van der Waals surface area contributed by atoms with Gasteiger partial charge >= 0.3 is 0 Å². The van der Waals surface area contributed by atoms with Crippen LogP contribution in [0.4, 0.5) is 0 Å². The molecule has 0 saturated carbocycles. The molecular weight excluding hydrogens is 348 g/mol. The summed E-state index contributed by atoms with van der Waals surface area (Å²) in [7, 11) is 0. The fourth-order valence-electron chi connectivity index (χ4n) is 2.94. The number of aryl methyl sites for hydroxylation is 1. The molecule has 0 aliphatic rings. The van der Waals surface area contributed by atoms with Crippen molar-refractivity contribution in [2.75, 3.05) is 6.54 Å². The molecule has 4 rings (SSSR count). The van der Waals surface area contributed by atoms with E-state index in [0.717, 1.165) is 16.6 Å². The van der Waals surface area contributed by atoms with Crippen molar-refractivity contribution in [1.29, 1.82) is 0 Å². The van der Waals surface area contributed by atoms with E-state index < -0.39 is 0 Å². The Morgan fingerprint density at radius 3 is 2.81 bits per heavy atom. The molecule has 0 aliphatic carbocycles. The summed E-state index contributed by atoms with van der Waals surface area (Å²) in [6.07, 6.45) is 2.34. The Bertz CT molecular complexity index is 1140. The van der Waals surface area contributed by atoms with Gasteiger partial charge in [0.25, 0.3) is 5.56 Å². The average molecular weight is 366 g/mol. The topological polar surface area (TPSA) is 68.4 Å². The van der Waals surface area contributed by atoms with E-state index >= 15 is 0 Å². The number of hydrogen-bond donors (Lipinski definition) is 1. The van der Waals surface area contributed by atoms with Crippen molar-refractivity contribution >= 4 is 33.0 Å². The van der Waals surface area contributed by atoms with Crippen LogP contribution in [0.5, 0.6) is 0 Å². The van der Waals surface area contributed by atoms with Crippen LogP contribution in [0.2, 0.25) is 0 Å². The number of nitrogens with zero attached hydrogens (tertiary/aromatic N) is 3. The second kappa shape index (κ2) is 6.76. The Balaban J connectivity index is 1.43. The molecule has 0 spiro atoms. The van der Waals surface area contributed by atoms with E-state index in [9.17, 15) is 9.59 Å². The Hall–Kier alpha value is -2.93. The highest BCUT2D eigenvalue weighted by Gasteiger charge is 2.11. The lowest BCUT2D eigenvalue weighted by molar-refractivity contribution is -0.121. The Morgan fingerprint density at radius 1 is 1.19 bits per heavy atom. The summed E-state index contributed by atoms with van der Waals surface area (Å²) in [5.41, 5.74) is 3.62. The standard InChI is InChI=1S/C19H18N4O2S/c1-13-2-4-14(5-3-13)6-8-20-18(24)11-23-19(25)16-10-17-15(7-9-26-17)22(16)12-21-23/h2-5,7,9-10,12H,6,8,11H2,1H3,(H,20,24). The number of hydrogen-bond acceptors (Lipinski definition) is 4. The summed E-state index contributed by atoms with van der Waals surface area (Å²) in [4.78, 5) is 24.7. The second-order valence-electron chi connectivity index (χ2n) is 6.25. The van der Waals surface area contributed by atoms with Crippen LogP contribution in [0.15, 0.2) is 52.9 Å². The van der Waals surface area contributed by atoms with Crippen LogP contribution >= 0.6 is 11.3 Å². The molecule has 26 heavy (non-hydrogen) atoms. The monoisotopic (exact) mass is 366 g/mol. The van der Waals surface area contributed by atoms with Crippen LogP contribution in [-0.2, 0) is 17.8 Å². The van der Waals surface area contributed by atoms with Gasteiger partial charge in [0.05, 0.1) is 10.2 Å². The minimum Gasteiger partial charge on any atom is -0.354 e. The van der Waals surface area contributed by atoms with Crippen molar-refractivity contribution in [2.45, 2.75) is 19.9 Å². The Morgan fingerprint density at radius 2 is 2.00 bits per heavy atom. The third-order valence-electron chi connectivity index (χ3n) is 4.37. The van der Waals surface area contributed by atoms with Crippen LogP contribution < -0.4 is 10.9 Å². The highest BCUT2D eigenvalue weighted by atomic mass is 32.1. The van der Waals surface area contributed by atoms with E-state index in [1.54, 1.807) is 22.1 Å². The highest BCUT2D eigenvalue weighted by Crippen LogP contribution is 2.22. The SMILES string of the molecule is Cc1ccc(CCNC(=O)Cn2ncn3c(cc4sccc43)c2=O)cc1. The van der Waals surface area contributed by atoms with E-state index in [1.807, 2.05) is 24.4 Å². The van der Waals surface area contributed by atoms with Crippen molar-refractivity contribution in [1.82, 2.24) is 19.5 Å². The van der Waals surface area contributed by atoms with Crippen LogP contribution in [0.3, 0.4) is 0 Å². The summed E-state index contributed by atoms with van der Waals surface area (Å²) in [6.45, 7) is 2.49. The molecule has 0 saturated heterocycles. The first-order valence-electron chi connectivity index (χ1n) is 8.38. The molecule has 7 heteroatoms. The molecular formula is C19H18N4O2S. The molecule has 0 radical (unpaired) electrons. The van der Waals surface area contributed by atoms with Gasteiger partial charge in [-0.1, -0.05) is 29.8 Å². The first-order valence-corrected chi connectivity index (χ1v) is 9.26.